The SMILES string of the molecule is F[B-](F)(F)F.O=[N+]([O-])c1ccc(C2=C/C(=C\C=C\c3cc(-c4ccc([N+](=O)[O-])cc4)cc(-c4ccc([N+](=O)[O-])cc4)[o+]3)OC(c3ccc([N+](=O)[O-])cc3)=C2)cc1. The van der Waals surface area contributed by atoms with E-state index in [4.69, 9.17) is 9.15 Å². The fraction of sp³-hybridized carbons (Fsp3) is 0. The van der Waals surface area contributed by atoms with Crippen LogP contribution in [0.2, 0.25) is 0 Å². The molecule has 0 bridgehead atoms. The summed E-state index contributed by atoms with van der Waals surface area (Å²) in [4.78, 5) is 42.8. The largest absolute Gasteiger partial charge is 0.673 e. The summed E-state index contributed by atoms with van der Waals surface area (Å²) in [6.45, 7) is 0. The molecule has 0 aliphatic carbocycles. The Morgan fingerprint density at radius 3 is 1.39 bits per heavy atom. The van der Waals surface area contributed by atoms with Crippen LogP contribution in [0, 0.1) is 40.5 Å². The van der Waals surface area contributed by atoms with Crippen molar-refractivity contribution in [3.8, 4) is 22.5 Å². The first-order valence-electron chi connectivity index (χ1n) is 15.9. The smallest absolute Gasteiger partial charge is 0.457 e. The molecule has 0 N–H and O–H groups in total. The summed E-state index contributed by atoms with van der Waals surface area (Å²) in [6, 6.07) is 27.1. The van der Waals surface area contributed by atoms with Crippen LogP contribution in [0.5, 0.6) is 0 Å². The van der Waals surface area contributed by atoms with Gasteiger partial charge in [-0.15, -0.1) is 0 Å². The quantitative estimate of drug-likeness (QED) is 0.0433. The second-order valence-corrected chi connectivity index (χ2v) is 11.5. The van der Waals surface area contributed by atoms with Gasteiger partial charge < -0.3 is 22.0 Å². The molecule has 4 aromatic carbocycles. The number of hydrogen-bond acceptors (Lipinski definition) is 9. The van der Waals surface area contributed by atoms with Gasteiger partial charge in [0.2, 0.25) is 0 Å². The number of hydrogen-bond donors (Lipinski definition) is 0. The van der Waals surface area contributed by atoms with Crippen LogP contribution < -0.4 is 0 Å². The van der Waals surface area contributed by atoms with Crippen molar-refractivity contribution >= 4 is 47.4 Å². The molecule has 0 spiro atoms. The molecule has 19 heteroatoms. The summed E-state index contributed by atoms with van der Waals surface area (Å²) in [5, 5.41) is 44.8. The number of non-ortho nitro benzene ring substituents is 4. The molecule has 56 heavy (non-hydrogen) atoms. The third kappa shape index (κ3) is 10.6. The molecule has 1 aromatic heterocycles. The van der Waals surface area contributed by atoms with Gasteiger partial charge in [-0.2, -0.15) is 0 Å². The normalized spacial score (nSPS) is 13.2. The Morgan fingerprint density at radius 1 is 0.536 bits per heavy atom. The Kier molecular flexibility index (Phi) is 11.9. The molecule has 282 valence electrons. The van der Waals surface area contributed by atoms with Crippen LogP contribution in [0.3, 0.4) is 0 Å². The predicted octanol–water partition coefficient (Wildman–Crippen LogP) is 10.9. The van der Waals surface area contributed by atoms with Gasteiger partial charge in [0.1, 0.15) is 11.5 Å². The zero-order valence-electron chi connectivity index (χ0n) is 28.2. The Hall–Kier alpha value is -7.83. The molecule has 0 atom stereocenters. The van der Waals surface area contributed by atoms with Crippen molar-refractivity contribution in [1.82, 2.24) is 0 Å². The number of halogens is 4. The predicted molar refractivity (Wildman–Crippen MR) is 198 cm³/mol. The summed E-state index contributed by atoms with van der Waals surface area (Å²) >= 11 is 0. The van der Waals surface area contributed by atoms with E-state index >= 15 is 0 Å². The van der Waals surface area contributed by atoms with E-state index in [9.17, 15) is 57.7 Å². The molecule has 1 aliphatic rings. The zero-order chi connectivity index (χ0) is 40.6. The Balaban J connectivity index is 0.00000113. The summed E-state index contributed by atoms with van der Waals surface area (Å²) in [5.74, 6) is 1.51. The van der Waals surface area contributed by atoms with Gasteiger partial charge in [0, 0.05) is 65.7 Å². The van der Waals surface area contributed by atoms with E-state index in [2.05, 4.69) is 0 Å². The van der Waals surface area contributed by atoms with Crippen molar-refractivity contribution in [1.29, 1.82) is 0 Å². The summed E-state index contributed by atoms with van der Waals surface area (Å²) in [5.41, 5.74) is 3.44. The highest BCUT2D eigenvalue weighted by Gasteiger charge is 2.21. The minimum absolute atomic E-state index is 0.0718. The molecule has 0 radical (unpaired) electrons. The summed E-state index contributed by atoms with van der Waals surface area (Å²) in [7, 11) is -6.00. The first kappa shape index (κ1) is 39.4. The highest BCUT2D eigenvalue weighted by Crippen LogP contribution is 2.34. The second kappa shape index (κ2) is 16.9. The number of benzene rings is 4. The van der Waals surface area contributed by atoms with Crippen LogP contribution in [0.1, 0.15) is 16.9 Å². The van der Waals surface area contributed by atoms with Crippen LogP contribution in [0.4, 0.5) is 40.0 Å². The van der Waals surface area contributed by atoms with Crippen molar-refractivity contribution in [3.63, 3.8) is 0 Å². The highest BCUT2D eigenvalue weighted by molar-refractivity contribution is 6.50. The first-order chi connectivity index (χ1) is 26.5. The topological polar surface area (TPSA) is 193 Å². The van der Waals surface area contributed by atoms with Gasteiger partial charge in [0.25, 0.3) is 22.7 Å². The van der Waals surface area contributed by atoms with Gasteiger partial charge in [0.05, 0.1) is 37.4 Å². The Labute approximate surface area is 312 Å². The molecule has 2 heterocycles. The van der Waals surface area contributed by atoms with Crippen LogP contribution in [-0.2, 0) is 4.74 Å². The number of allylic oxidation sites excluding steroid dienone is 5. The van der Waals surface area contributed by atoms with Gasteiger partial charge >= 0.3 is 18.8 Å². The molecular weight excluding hydrogens is 747 g/mol. The number of nitrogens with zero attached hydrogens (tertiary/aromatic N) is 4. The third-order valence-electron chi connectivity index (χ3n) is 7.69. The lowest BCUT2D eigenvalue weighted by Gasteiger charge is -2.18. The molecule has 1 aliphatic heterocycles. The molecule has 6 rings (SSSR count). The van der Waals surface area contributed by atoms with Crippen molar-refractivity contribution in [2.24, 2.45) is 0 Å². The van der Waals surface area contributed by atoms with Gasteiger partial charge in [-0.05, 0) is 89.5 Å². The lowest BCUT2D eigenvalue weighted by molar-refractivity contribution is -0.385. The average molecular weight is 770 g/mol. The Morgan fingerprint density at radius 2 is 0.946 bits per heavy atom. The maximum atomic E-state index is 11.2. The molecule has 5 aromatic rings. The van der Waals surface area contributed by atoms with E-state index in [-0.39, 0.29) is 22.7 Å². The fourth-order valence-corrected chi connectivity index (χ4v) is 5.11. The molecule has 0 saturated heterocycles. The lowest BCUT2D eigenvalue weighted by atomic mass is 10.00. The number of rotatable bonds is 10. The van der Waals surface area contributed by atoms with Crippen molar-refractivity contribution < 1.29 is 46.1 Å². The Bertz CT molecular complexity index is 2350. The monoisotopic (exact) mass is 770 g/mol. The van der Waals surface area contributed by atoms with Crippen LogP contribution >= 0.6 is 0 Å². The van der Waals surface area contributed by atoms with Crippen LogP contribution in [-0.4, -0.2) is 26.9 Å². The van der Waals surface area contributed by atoms with E-state index in [1.165, 1.54) is 48.5 Å². The van der Waals surface area contributed by atoms with Crippen molar-refractivity contribution in [3.05, 3.63) is 197 Å². The number of nitro benzene ring substituents is 4. The summed E-state index contributed by atoms with van der Waals surface area (Å²) in [6.07, 6.45) is 8.43. The van der Waals surface area contributed by atoms with E-state index < -0.39 is 26.9 Å². The van der Waals surface area contributed by atoms with Crippen molar-refractivity contribution in [2.75, 3.05) is 0 Å². The van der Waals surface area contributed by atoms with Crippen LogP contribution in [0.25, 0.3) is 39.9 Å². The van der Waals surface area contributed by atoms with Gasteiger partial charge in [-0.1, -0.05) is 0 Å². The van der Waals surface area contributed by atoms with Gasteiger partial charge in [0.15, 0.2) is 0 Å². The maximum Gasteiger partial charge on any atom is 0.673 e. The fourth-order valence-electron chi connectivity index (χ4n) is 5.11. The molecule has 0 fully saturated rings. The minimum atomic E-state index is -6.00. The van der Waals surface area contributed by atoms with E-state index in [0.29, 0.717) is 56.4 Å². The zero-order valence-corrected chi connectivity index (χ0v) is 28.2. The number of ether oxygens (including phenoxy) is 1. The lowest BCUT2D eigenvalue weighted by Crippen LogP contribution is -2.02. The van der Waals surface area contributed by atoms with Gasteiger partial charge in [-0.25, -0.2) is 4.42 Å². The van der Waals surface area contributed by atoms with E-state index in [1.807, 2.05) is 0 Å². The highest BCUT2D eigenvalue weighted by atomic mass is 19.5. The third-order valence-corrected chi connectivity index (χ3v) is 7.69. The molecular formula is C37H23BF4N4O10. The molecule has 14 nitrogen and oxygen atoms in total. The summed E-state index contributed by atoms with van der Waals surface area (Å²) < 4.78 is 51.3. The first-order valence-corrected chi connectivity index (χ1v) is 15.9. The standard InChI is InChI=1S/C37H23N4O10.BF4/c42-38(43)30-12-4-24(5-13-30)28-20-34(50-36(22-28)26-8-16-32(17-9-26)40(46)47)2-1-3-35-21-29(25-6-14-31(15-7-25)39(44)45)23-37(51-35)27-10-18-33(19-11-27)41(48)49;2-1(3,4)5/h1-23H;/q+1;-1. The molecule has 0 amide bonds. The van der Waals surface area contributed by atoms with Crippen LogP contribution in [0.15, 0.2) is 144 Å². The van der Waals surface area contributed by atoms with Gasteiger partial charge in [-0.3, -0.25) is 40.5 Å². The van der Waals surface area contributed by atoms with E-state index in [0.717, 1.165) is 0 Å². The average Bonchev–Trinajstić information content (AvgIpc) is 3.17. The maximum absolute atomic E-state index is 11.2. The minimum Gasteiger partial charge on any atom is -0.457 e. The second-order valence-electron chi connectivity index (χ2n) is 11.5. The molecule has 0 saturated carbocycles. The molecule has 0 unspecified atom stereocenters. The number of nitro groups is 4. The van der Waals surface area contributed by atoms with Crippen molar-refractivity contribution in [2.45, 2.75) is 0 Å². The van der Waals surface area contributed by atoms with E-state index in [1.54, 1.807) is 91.0 Å².